The molecule has 0 aromatic carbocycles. The Morgan fingerprint density at radius 2 is 1.85 bits per heavy atom. The largest absolute Gasteiger partial charge is 0.369 e. The molecule has 2 rings (SSSR count). The summed E-state index contributed by atoms with van der Waals surface area (Å²) in [5.74, 6) is 1.55. The molecular weight excluding hydrogens is 270 g/mol. The summed E-state index contributed by atoms with van der Waals surface area (Å²) in [6, 6.07) is 1.97. The fraction of sp³-hybridized carbons (Fsp3) is 0.429. The van der Waals surface area contributed by atoms with Crippen LogP contribution in [0.3, 0.4) is 0 Å². The molecule has 0 aliphatic rings. The average molecular weight is 289 g/mol. The lowest BCUT2D eigenvalue weighted by molar-refractivity contribution is 0.900. The van der Waals surface area contributed by atoms with Crippen LogP contribution in [-0.2, 0) is 5.75 Å². The molecule has 1 N–H and O–H groups in total. The third kappa shape index (κ3) is 4.45. The minimum absolute atomic E-state index is 0.726. The molecule has 6 heteroatoms. The molecule has 2 aromatic heterocycles. The van der Waals surface area contributed by atoms with Crippen molar-refractivity contribution in [2.24, 2.45) is 0 Å². The fourth-order valence-electron chi connectivity index (χ4n) is 1.67. The number of rotatable bonds is 6. The number of nitrogens with one attached hydrogen (secondary N) is 1. The lowest BCUT2D eigenvalue weighted by Crippen LogP contribution is -2.03. The van der Waals surface area contributed by atoms with Crippen molar-refractivity contribution in [1.82, 2.24) is 19.9 Å². The van der Waals surface area contributed by atoms with Crippen LogP contribution in [0.25, 0.3) is 0 Å². The monoisotopic (exact) mass is 289 g/mol. The van der Waals surface area contributed by atoms with E-state index in [2.05, 4.69) is 32.2 Å². The molecule has 0 spiro atoms. The molecule has 5 nitrogen and oxygen atoms in total. The predicted molar refractivity (Wildman–Crippen MR) is 81.9 cm³/mol. The summed E-state index contributed by atoms with van der Waals surface area (Å²) in [6.07, 6.45) is 4.64. The summed E-state index contributed by atoms with van der Waals surface area (Å²) in [5, 5.41) is 3.99. The van der Waals surface area contributed by atoms with Gasteiger partial charge in [0.1, 0.15) is 5.82 Å². The van der Waals surface area contributed by atoms with Crippen LogP contribution in [0.15, 0.2) is 23.6 Å². The van der Waals surface area contributed by atoms with E-state index in [4.69, 9.17) is 0 Å². The zero-order chi connectivity index (χ0) is 14.4. The maximum absolute atomic E-state index is 4.40. The van der Waals surface area contributed by atoms with E-state index in [0.29, 0.717) is 0 Å². The van der Waals surface area contributed by atoms with Crippen molar-refractivity contribution < 1.29 is 0 Å². The van der Waals surface area contributed by atoms with Gasteiger partial charge >= 0.3 is 0 Å². The van der Waals surface area contributed by atoms with E-state index in [1.807, 2.05) is 19.9 Å². The SMILES string of the molecule is CCCNc1cnc(CSc2nc(C)cc(C)n2)cn1. The summed E-state index contributed by atoms with van der Waals surface area (Å²) >= 11 is 1.58. The second kappa shape index (κ2) is 7.19. The summed E-state index contributed by atoms with van der Waals surface area (Å²) in [5.41, 5.74) is 2.91. The number of thioether (sulfide) groups is 1. The standard InChI is InChI=1S/C14H19N5S/c1-4-5-15-13-8-16-12(7-17-13)9-20-14-18-10(2)6-11(3)19-14/h6-8H,4-5,9H2,1-3H3,(H,15,17). The van der Waals surface area contributed by atoms with Crippen molar-refractivity contribution in [1.29, 1.82) is 0 Å². The van der Waals surface area contributed by atoms with E-state index in [9.17, 15) is 0 Å². The summed E-state index contributed by atoms with van der Waals surface area (Å²) in [6.45, 7) is 6.99. The number of aryl methyl sites for hydroxylation is 2. The highest BCUT2D eigenvalue weighted by Crippen LogP contribution is 2.18. The van der Waals surface area contributed by atoms with Gasteiger partial charge in [0, 0.05) is 23.7 Å². The lowest BCUT2D eigenvalue weighted by atomic mass is 10.4. The zero-order valence-corrected chi connectivity index (χ0v) is 12.9. The van der Waals surface area contributed by atoms with Gasteiger partial charge in [0.15, 0.2) is 5.16 Å². The van der Waals surface area contributed by atoms with Crippen LogP contribution < -0.4 is 5.32 Å². The van der Waals surface area contributed by atoms with E-state index in [1.54, 1.807) is 24.2 Å². The molecule has 0 atom stereocenters. The van der Waals surface area contributed by atoms with Gasteiger partial charge in [0.2, 0.25) is 0 Å². The van der Waals surface area contributed by atoms with Crippen LogP contribution >= 0.6 is 11.8 Å². The maximum atomic E-state index is 4.40. The molecule has 0 aliphatic heterocycles. The van der Waals surface area contributed by atoms with Gasteiger partial charge in [-0.2, -0.15) is 0 Å². The van der Waals surface area contributed by atoms with Gasteiger partial charge in [-0.3, -0.25) is 4.98 Å². The van der Waals surface area contributed by atoms with E-state index in [0.717, 1.165) is 46.8 Å². The third-order valence-electron chi connectivity index (χ3n) is 2.57. The number of aromatic nitrogens is 4. The van der Waals surface area contributed by atoms with Crippen LogP contribution in [0.5, 0.6) is 0 Å². The second-order valence-electron chi connectivity index (χ2n) is 4.54. The second-order valence-corrected chi connectivity index (χ2v) is 5.48. The van der Waals surface area contributed by atoms with E-state index in [1.165, 1.54) is 0 Å². The molecule has 20 heavy (non-hydrogen) atoms. The Labute approximate surface area is 123 Å². The first kappa shape index (κ1) is 14.7. The summed E-state index contributed by atoms with van der Waals surface area (Å²) in [4.78, 5) is 17.5. The highest BCUT2D eigenvalue weighted by molar-refractivity contribution is 7.98. The highest BCUT2D eigenvalue weighted by Gasteiger charge is 2.03. The highest BCUT2D eigenvalue weighted by atomic mass is 32.2. The first-order valence-electron chi connectivity index (χ1n) is 6.67. The van der Waals surface area contributed by atoms with Gasteiger partial charge in [-0.15, -0.1) is 0 Å². The van der Waals surface area contributed by atoms with Gasteiger partial charge in [-0.25, -0.2) is 15.0 Å². The van der Waals surface area contributed by atoms with E-state index in [-0.39, 0.29) is 0 Å². The van der Waals surface area contributed by atoms with Gasteiger partial charge in [-0.05, 0) is 26.3 Å². The Morgan fingerprint density at radius 1 is 1.10 bits per heavy atom. The quantitative estimate of drug-likeness (QED) is 0.651. The molecule has 106 valence electrons. The Bertz CT molecular complexity index is 536. The number of anilines is 1. The number of hydrogen-bond donors (Lipinski definition) is 1. The smallest absolute Gasteiger partial charge is 0.188 e. The average Bonchev–Trinajstić information content (AvgIpc) is 2.43. The van der Waals surface area contributed by atoms with Crippen LogP contribution in [0.2, 0.25) is 0 Å². The van der Waals surface area contributed by atoms with Crippen molar-refractivity contribution in [2.75, 3.05) is 11.9 Å². The zero-order valence-electron chi connectivity index (χ0n) is 12.1. The molecule has 0 saturated heterocycles. The van der Waals surface area contributed by atoms with E-state index < -0.39 is 0 Å². The minimum Gasteiger partial charge on any atom is -0.369 e. The molecule has 2 heterocycles. The fourth-order valence-corrected chi connectivity index (χ4v) is 2.51. The number of hydrogen-bond acceptors (Lipinski definition) is 6. The van der Waals surface area contributed by atoms with Gasteiger partial charge in [0.05, 0.1) is 18.1 Å². The molecule has 0 radical (unpaired) electrons. The van der Waals surface area contributed by atoms with Crippen LogP contribution in [0.4, 0.5) is 5.82 Å². The molecular formula is C14H19N5S. The first-order valence-corrected chi connectivity index (χ1v) is 7.66. The predicted octanol–water partition coefficient (Wildman–Crippen LogP) is 3.00. The summed E-state index contributed by atoms with van der Waals surface area (Å²) < 4.78 is 0. The van der Waals surface area contributed by atoms with Gasteiger partial charge in [0.25, 0.3) is 0 Å². The minimum atomic E-state index is 0.726. The third-order valence-corrected chi connectivity index (χ3v) is 3.45. The van der Waals surface area contributed by atoms with Crippen molar-refractivity contribution in [3.63, 3.8) is 0 Å². The maximum Gasteiger partial charge on any atom is 0.188 e. The molecule has 0 bridgehead atoms. The molecule has 0 amide bonds. The van der Waals surface area contributed by atoms with Crippen LogP contribution in [-0.4, -0.2) is 26.5 Å². The van der Waals surface area contributed by atoms with Crippen molar-refractivity contribution in [2.45, 2.75) is 38.1 Å². The lowest BCUT2D eigenvalue weighted by Gasteiger charge is -2.05. The topological polar surface area (TPSA) is 63.6 Å². The van der Waals surface area contributed by atoms with E-state index >= 15 is 0 Å². The summed E-state index contributed by atoms with van der Waals surface area (Å²) in [7, 11) is 0. The Kier molecular flexibility index (Phi) is 5.29. The van der Waals surface area contributed by atoms with Crippen molar-refractivity contribution in [3.05, 3.63) is 35.5 Å². The number of nitrogens with zero attached hydrogens (tertiary/aromatic N) is 4. The van der Waals surface area contributed by atoms with Crippen LogP contribution in [0.1, 0.15) is 30.4 Å². The van der Waals surface area contributed by atoms with Gasteiger partial charge < -0.3 is 5.32 Å². The Balaban J connectivity index is 1.93. The Morgan fingerprint density at radius 3 is 2.45 bits per heavy atom. The Hall–Kier alpha value is -1.69. The van der Waals surface area contributed by atoms with Gasteiger partial charge in [-0.1, -0.05) is 18.7 Å². The van der Waals surface area contributed by atoms with Crippen molar-refractivity contribution >= 4 is 17.6 Å². The molecule has 0 saturated carbocycles. The molecule has 2 aromatic rings. The van der Waals surface area contributed by atoms with Crippen molar-refractivity contribution in [3.8, 4) is 0 Å². The molecule has 0 aliphatic carbocycles. The van der Waals surface area contributed by atoms with Crippen LogP contribution in [0, 0.1) is 13.8 Å². The normalized spacial score (nSPS) is 10.6. The molecule has 0 unspecified atom stereocenters. The first-order chi connectivity index (χ1) is 9.67. The molecule has 0 fully saturated rings.